The van der Waals surface area contributed by atoms with Crippen LogP contribution in [0.25, 0.3) is 11.1 Å². The number of fused-ring (bicyclic) bond motifs is 5. The lowest BCUT2D eigenvalue weighted by Crippen LogP contribution is -2.47. The van der Waals surface area contributed by atoms with Crippen molar-refractivity contribution < 1.29 is 19.4 Å². The van der Waals surface area contributed by atoms with Gasteiger partial charge in [0, 0.05) is 12.0 Å². The van der Waals surface area contributed by atoms with Gasteiger partial charge >= 0.3 is 12.1 Å². The Balaban J connectivity index is 1.29. The third-order valence-electron chi connectivity index (χ3n) is 6.83. The SMILES string of the molecule is O=C(N[C@@H]1[C@H]2CC[C@@H](C2)[C@@H]1C(=O)O)OCC1c2ccccc2-c2ccccc21. The van der Waals surface area contributed by atoms with Gasteiger partial charge in [-0.15, -0.1) is 0 Å². The lowest BCUT2D eigenvalue weighted by molar-refractivity contribution is -0.144. The minimum atomic E-state index is -0.809. The number of carbonyl (C=O) groups is 2. The number of hydrogen-bond acceptors (Lipinski definition) is 3. The molecule has 2 aromatic rings. The molecule has 3 aliphatic rings. The first-order chi connectivity index (χ1) is 13.6. The van der Waals surface area contributed by atoms with E-state index in [1.807, 2.05) is 24.3 Å². The van der Waals surface area contributed by atoms with Crippen molar-refractivity contribution in [3.63, 3.8) is 0 Å². The Hall–Kier alpha value is -2.82. The summed E-state index contributed by atoms with van der Waals surface area (Å²) in [6.45, 7) is 0.248. The number of carboxylic acids is 1. The molecule has 5 rings (SSSR count). The van der Waals surface area contributed by atoms with Gasteiger partial charge in [0.25, 0.3) is 0 Å². The lowest BCUT2D eigenvalue weighted by atomic mass is 9.84. The Morgan fingerprint density at radius 3 is 2.21 bits per heavy atom. The summed E-state index contributed by atoms with van der Waals surface area (Å²) in [5.41, 5.74) is 4.71. The van der Waals surface area contributed by atoms with Crippen LogP contribution in [0.5, 0.6) is 0 Å². The number of amides is 1. The van der Waals surface area contributed by atoms with Crippen molar-refractivity contribution in [2.45, 2.75) is 31.2 Å². The predicted molar refractivity (Wildman–Crippen MR) is 104 cm³/mol. The molecule has 2 saturated carbocycles. The summed E-state index contributed by atoms with van der Waals surface area (Å²) in [4.78, 5) is 24.1. The molecule has 0 saturated heterocycles. The first kappa shape index (κ1) is 17.3. The highest BCUT2D eigenvalue weighted by molar-refractivity contribution is 5.79. The number of carboxylic acid groups (broad SMARTS) is 1. The molecule has 2 bridgehead atoms. The van der Waals surface area contributed by atoms with Crippen LogP contribution in [-0.2, 0) is 9.53 Å². The average Bonchev–Trinajstić information content (AvgIpc) is 3.38. The van der Waals surface area contributed by atoms with Gasteiger partial charge in [-0.3, -0.25) is 4.79 Å². The molecular weight excluding hydrogens is 354 g/mol. The summed E-state index contributed by atoms with van der Waals surface area (Å²) < 4.78 is 5.59. The van der Waals surface area contributed by atoms with Crippen molar-refractivity contribution in [3.05, 3.63) is 59.7 Å². The molecule has 0 radical (unpaired) electrons. The highest BCUT2D eigenvalue weighted by Crippen LogP contribution is 2.49. The zero-order valence-corrected chi connectivity index (χ0v) is 15.5. The molecule has 2 fully saturated rings. The van der Waals surface area contributed by atoms with Crippen LogP contribution in [0.3, 0.4) is 0 Å². The molecule has 28 heavy (non-hydrogen) atoms. The van der Waals surface area contributed by atoms with E-state index in [0.29, 0.717) is 0 Å². The van der Waals surface area contributed by atoms with Crippen molar-refractivity contribution in [3.8, 4) is 11.1 Å². The van der Waals surface area contributed by atoms with Crippen LogP contribution < -0.4 is 5.32 Å². The van der Waals surface area contributed by atoms with Crippen LogP contribution in [0.2, 0.25) is 0 Å². The van der Waals surface area contributed by atoms with Gasteiger partial charge < -0.3 is 15.2 Å². The van der Waals surface area contributed by atoms with Crippen LogP contribution in [0.4, 0.5) is 4.79 Å². The average molecular weight is 377 g/mol. The van der Waals surface area contributed by atoms with Gasteiger partial charge in [0.15, 0.2) is 0 Å². The smallest absolute Gasteiger partial charge is 0.407 e. The van der Waals surface area contributed by atoms with Gasteiger partial charge in [-0.2, -0.15) is 0 Å². The number of hydrogen-bond donors (Lipinski definition) is 2. The summed E-state index contributed by atoms with van der Waals surface area (Å²) in [6.07, 6.45) is 2.32. The molecule has 0 unspecified atom stereocenters. The maximum absolute atomic E-state index is 12.5. The van der Waals surface area contributed by atoms with Gasteiger partial charge in [-0.25, -0.2) is 4.79 Å². The quantitative estimate of drug-likeness (QED) is 0.844. The number of carbonyl (C=O) groups excluding carboxylic acids is 1. The second-order valence-electron chi connectivity index (χ2n) is 8.19. The number of nitrogens with one attached hydrogen (secondary N) is 1. The summed E-state index contributed by atoms with van der Waals surface area (Å²) in [5, 5.41) is 12.4. The molecule has 0 spiro atoms. The standard InChI is InChI=1S/C23H23NO4/c25-22(26)20-13-9-10-14(11-13)21(20)24-23(27)28-12-19-17-7-3-1-5-15(17)16-6-2-4-8-18(16)19/h1-8,13-14,19-21H,9-12H2,(H,24,27)(H,25,26)/t13-,14-,20-,21+/m0/s1. The topological polar surface area (TPSA) is 75.6 Å². The zero-order valence-electron chi connectivity index (χ0n) is 15.5. The lowest BCUT2D eigenvalue weighted by Gasteiger charge is -2.28. The van der Waals surface area contributed by atoms with Crippen LogP contribution in [-0.4, -0.2) is 29.8 Å². The molecule has 144 valence electrons. The molecule has 1 amide bonds. The van der Waals surface area contributed by atoms with Crippen LogP contribution in [0, 0.1) is 17.8 Å². The molecular formula is C23H23NO4. The number of aliphatic carboxylic acids is 1. The van der Waals surface area contributed by atoms with Crippen LogP contribution >= 0.6 is 0 Å². The van der Waals surface area contributed by atoms with Gasteiger partial charge in [-0.1, -0.05) is 48.5 Å². The van der Waals surface area contributed by atoms with E-state index in [2.05, 4.69) is 29.6 Å². The minimum Gasteiger partial charge on any atom is -0.481 e. The third-order valence-corrected chi connectivity index (χ3v) is 6.83. The fourth-order valence-electron chi connectivity index (χ4n) is 5.63. The van der Waals surface area contributed by atoms with Crippen molar-refractivity contribution in [2.75, 3.05) is 6.61 Å². The molecule has 3 aliphatic carbocycles. The van der Waals surface area contributed by atoms with E-state index in [9.17, 15) is 14.7 Å². The maximum Gasteiger partial charge on any atom is 0.407 e. The van der Waals surface area contributed by atoms with E-state index in [-0.39, 0.29) is 30.4 Å². The Labute approximate surface area is 163 Å². The van der Waals surface area contributed by atoms with E-state index in [1.165, 1.54) is 22.3 Å². The molecule has 5 heteroatoms. The van der Waals surface area contributed by atoms with Crippen LogP contribution in [0.15, 0.2) is 48.5 Å². The monoisotopic (exact) mass is 377 g/mol. The summed E-state index contributed by atoms with van der Waals surface area (Å²) in [7, 11) is 0. The second-order valence-corrected chi connectivity index (χ2v) is 8.19. The first-order valence-electron chi connectivity index (χ1n) is 9.98. The van der Waals surface area contributed by atoms with Crippen molar-refractivity contribution in [2.24, 2.45) is 17.8 Å². The van der Waals surface area contributed by atoms with Gasteiger partial charge in [0.1, 0.15) is 6.61 Å². The van der Waals surface area contributed by atoms with Crippen LogP contribution in [0.1, 0.15) is 36.3 Å². The Kier molecular flexibility index (Phi) is 4.11. The first-order valence-corrected chi connectivity index (χ1v) is 9.98. The van der Waals surface area contributed by atoms with E-state index >= 15 is 0 Å². The fraction of sp³-hybridized carbons (Fsp3) is 0.391. The van der Waals surface area contributed by atoms with Gasteiger partial charge in [0.05, 0.1) is 5.92 Å². The minimum absolute atomic E-state index is 0.00782. The van der Waals surface area contributed by atoms with E-state index in [1.54, 1.807) is 0 Å². The van der Waals surface area contributed by atoms with E-state index in [4.69, 9.17) is 4.74 Å². The molecule has 5 nitrogen and oxygen atoms in total. The van der Waals surface area contributed by atoms with Gasteiger partial charge in [0.2, 0.25) is 0 Å². The largest absolute Gasteiger partial charge is 0.481 e. The Morgan fingerprint density at radius 2 is 1.57 bits per heavy atom. The number of benzene rings is 2. The highest BCUT2D eigenvalue weighted by atomic mass is 16.5. The second kappa shape index (κ2) is 6.66. The fourth-order valence-corrected chi connectivity index (χ4v) is 5.63. The Morgan fingerprint density at radius 1 is 0.964 bits per heavy atom. The number of rotatable bonds is 4. The van der Waals surface area contributed by atoms with Gasteiger partial charge in [-0.05, 0) is 53.4 Å². The van der Waals surface area contributed by atoms with E-state index < -0.39 is 18.0 Å². The predicted octanol–water partition coefficient (Wildman–Crippen LogP) is 4.02. The molecule has 0 heterocycles. The third kappa shape index (κ3) is 2.68. The summed E-state index contributed by atoms with van der Waals surface area (Å²) in [6, 6.07) is 16.1. The maximum atomic E-state index is 12.5. The normalized spacial score (nSPS) is 27.3. The summed E-state index contributed by atoms with van der Waals surface area (Å²) in [5.74, 6) is -0.850. The number of ether oxygens (including phenoxy) is 1. The zero-order chi connectivity index (χ0) is 19.3. The van der Waals surface area contributed by atoms with E-state index in [0.717, 1.165) is 19.3 Å². The highest BCUT2D eigenvalue weighted by Gasteiger charge is 2.51. The van der Waals surface area contributed by atoms with Crippen molar-refractivity contribution in [1.82, 2.24) is 5.32 Å². The molecule has 0 aromatic heterocycles. The number of alkyl carbamates (subject to hydrolysis) is 1. The van der Waals surface area contributed by atoms with Crippen molar-refractivity contribution in [1.29, 1.82) is 0 Å². The Bertz CT molecular complexity index is 894. The molecule has 2 N–H and O–H groups in total. The summed E-state index contributed by atoms with van der Waals surface area (Å²) >= 11 is 0. The molecule has 4 atom stereocenters. The molecule has 0 aliphatic heterocycles. The van der Waals surface area contributed by atoms with Crippen molar-refractivity contribution >= 4 is 12.1 Å². The molecule has 2 aromatic carbocycles.